The molecule has 0 aromatic carbocycles. The maximum absolute atomic E-state index is 12.2. The summed E-state index contributed by atoms with van der Waals surface area (Å²) in [6, 6.07) is 2.77. The molecular weight excluding hydrogens is 322 g/mol. The van der Waals surface area contributed by atoms with Gasteiger partial charge >= 0.3 is 5.97 Å². The van der Waals surface area contributed by atoms with E-state index >= 15 is 0 Å². The number of β-amino-alcohol motifs (C(OH)–C–C–N with tert-alkyl or cyclic N) is 1. The fourth-order valence-electron chi connectivity index (χ4n) is 1.97. The number of amides is 1. The first-order valence-corrected chi connectivity index (χ1v) is 6.96. The van der Waals surface area contributed by atoms with Gasteiger partial charge in [0.15, 0.2) is 0 Å². The van der Waals surface area contributed by atoms with Crippen LogP contribution < -0.4 is 0 Å². The SMILES string of the molecule is COC(=O)C1CC(O)CN1C(=O)c1ccc(Br)s1. The van der Waals surface area contributed by atoms with Crippen LogP contribution in [-0.2, 0) is 9.53 Å². The summed E-state index contributed by atoms with van der Waals surface area (Å²) in [5.74, 6) is -0.742. The Morgan fingerprint density at radius 2 is 2.28 bits per heavy atom. The molecular formula is C11H12BrNO4S. The third kappa shape index (κ3) is 2.57. The van der Waals surface area contributed by atoms with Crippen LogP contribution in [0.2, 0.25) is 0 Å². The van der Waals surface area contributed by atoms with Crippen molar-refractivity contribution in [3.8, 4) is 0 Å². The second-order valence-corrected chi connectivity index (χ2v) is 6.45. The van der Waals surface area contributed by atoms with Gasteiger partial charge in [0.05, 0.1) is 21.9 Å². The summed E-state index contributed by atoms with van der Waals surface area (Å²) >= 11 is 4.58. The fraction of sp³-hybridized carbons (Fsp3) is 0.455. The third-order valence-electron chi connectivity index (χ3n) is 2.80. The van der Waals surface area contributed by atoms with Crippen molar-refractivity contribution in [1.82, 2.24) is 4.90 Å². The predicted octanol–water partition coefficient (Wildman–Crippen LogP) is 1.26. The van der Waals surface area contributed by atoms with E-state index in [1.807, 2.05) is 0 Å². The largest absolute Gasteiger partial charge is 0.467 e. The number of thiophene rings is 1. The summed E-state index contributed by atoms with van der Waals surface area (Å²) in [6.45, 7) is 0.161. The number of rotatable bonds is 2. The Hall–Kier alpha value is -0.920. The lowest BCUT2D eigenvalue weighted by molar-refractivity contribution is -0.145. The summed E-state index contributed by atoms with van der Waals surface area (Å²) in [5.41, 5.74) is 0. The van der Waals surface area contributed by atoms with Crippen LogP contribution in [0.25, 0.3) is 0 Å². The van der Waals surface area contributed by atoms with Gasteiger partial charge in [0, 0.05) is 13.0 Å². The number of aliphatic hydroxyl groups is 1. The van der Waals surface area contributed by atoms with Crippen molar-refractivity contribution < 1.29 is 19.4 Å². The van der Waals surface area contributed by atoms with Gasteiger partial charge in [-0.1, -0.05) is 0 Å². The molecule has 98 valence electrons. The van der Waals surface area contributed by atoms with Crippen molar-refractivity contribution in [2.45, 2.75) is 18.6 Å². The number of carbonyl (C=O) groups excluding carboxylic acids is 2. The lowest BCUT2D eigenvalue weighted by Gasteiger charge is -2.21. The highest BCUT2D eigenvalue weighted by atomic mass is 79.9. The summed E-state index contributed by atoms with van der Waals surface area (Å²) in [4.78, 5) is 25.7. The zero-order valence-electron chi connectivity index (χ0n) is 9.63. The minimum absolute atomic E-state index is 0.161. The molecule has 0 radical (unpaired) electrons. The summed E-state index contributed by atoms with van der Waals surface area (Å²) < 4.78 is 5.50. The molecule has 18 heavy (non-hydrogen) atoms. The van der Waals surface area contributed by atoms with Crippen LogP contribution in [0.4, 0.5) is 0 Å². The summed E-state index contributed by atoms with van der Waals surface area (Å²) in [5, 5.41) is 9.61. The first kappa shape index (κ1) is 13.5. The number of likely N-dealkylation sites (tertiary alicyclic amines) is 1. The Kier molecular flexibility index (Phi) is 4.04. The third-order valence-corrected chi connectivity index (χ3v) is 4.41. The second-order valence-electron chi connectivity index (χ2n) is 3.99. The molecule has 1 aliphatic heterocycles. The molecule has 2 unspecified atom stereocenters. The first-order chi connectivity index (χ1) is 8.52. The van der Waals surface area contributed by atoms with Crippen LogP contribution in [0.5, 0.6) is 0 Å². The Morgan fingerprint density at radius 3 is 2.83 bits per heavy atom. The molecule has 0 spiro atoms. The molecule has 2 atom stereocenters. The summed E-state index contributed by atoms with van der Waals surface area (Å²) in [6.07, 6.45) is -0.452. The number of hydrogen-bond donors (Lipinski definition) is 1. The standard InChI is InChI=1S/C11H12BrNO4S/c1-17-11(16)7-4-6(14)5-13(7)10(15)8-2-3-9(12)18-8/h2-3,6-7,14H,4-5H2,1H3. The normalized spacial score (nSPS) is 23.2. The zero-order valence-corrected chi connectivity index (χ0v) is 12.0. The minimum atomic E-state index is -0.696. The van der Waals surface area contributed by atoms with Gasteiger partial charge in [0.2, 0.25) is 0 Å². The van der Waals surface area contributed by atoms with Crippen molar-refractivity contribution >= 4 is 39.1 Å². The first-order valence-electron chi connectivity index (χ1n) is 5.35. The van der Waals surface area contributed by atoms with E-state index in [0.717, 1.165) is 3.79 Å². The number of carbonyl (C=O) groups is 2. The highest BCUT2D eigenvalue weighted by molar-refractivity contribution is 9.11. The van der Waals surface area contributed by atoms with Crippen LogP contribution in [0.3, 0.4) is 0 Å². The molecule has 1 fully saturated rings. The number of esters is 1. The molecule has 7 heteroatoms. The Labute approximate surface area is 116 Å². The average molecular weight is 334 g/mol. The van der Waals surface area contributed by atoms with Crippen molar-refractivity contribution in [2.24, 2.45) is 0 Å². The number of aliphatic hydroxyl groups excluding tert-OH is 1. The fourth-order valence-corrected chi connectivity index (χ4v) is 3.31. The Balaban J connectivity index is 2.20. The number of hydrogen-bond acceptors (Lipinski definition) is 5. The van der Waals surface area contributed by atoms with Gasteiger partial charge in [-0.25, -0.2) is 4.79 Å². The van der Waals surface area contributed by atoms with Crippen LogP contribution in [0, 0.1) is 0 Å². The average Bonchev–Trinajstić information content (AvgIpc) is 2.93. The van der Waals surface area contributed by atoms with Gasteiger partial charge in [-0.15, -0.1) is 11.3 Å². The monoisotopic (exact) mass is 333 g/mol. The molecule has 2 rings (SSSR count). The van der Waals surface area contributed by atoms with E-state index < -0.39 is 18.1 Å². The van der Waals surface area contributed by atoms with Crippen LogP contribution in [0.1, 0.15) is 16.1 Å². The van der Waals surface area contributed by atoms with Gasteiger partial charge in [0.25, 0.3) is 5.91 Å². The van der Waals surface area contributed by atoms with E-state index in [1.165, 1.54) is 23.3 Å². The molecule has 0 saturated carbocycles. The van der Waals surface area contributed by atoms with E-state index in [9.17, 15) is 14.7 Å². The Bertz CT molecular complexity index is 475. The van der Waals surface area contributed by atoms with Crippen molar-refractivity contribution in [3.63, 3.8) is 0 Å². The molecule has 1 aliphatic rings. The van der Waals surface area contributed by atoms with E-state index in [-0.39, 0.29) is 18.9 Å². The van der Waals surface area contributed by atoms with Crippen LogP contribution >= 0.6 is 27.3 Å². The van der Waals surface area contributed by atoms with Gasteiger partial charge in [-0.2, -0.15) is 0 Å². The van der Waals surface area contributed by atoms with Gasteiger partial charge in [-0.3, -0.25) is 4.79 Å². The quantitative estimate of drug-likeness (QED) is 0.827. The molecule has 1 aromatic heterocycles. The lowest BCUT2D eigenvalue weighted by Crippen LogP contribution is -2.40. The van der Waals surface area contributed by atoms with Crippen LogP contribution in [0.15, 0.2) is 15.9 Å². The molecule has 1 amide bonds. The van der Waals surface area contributed by atoms with E-state index in [2.05, 4.69) is 20.7 Å². The molecule has 5 nitrogen and oxygen atoms in total. The molecule has 1 saturated heterocycles. The molecule has 0 aliphatic carbocycles. The zero-order chi connectivity index (χ0) is 13.3. The Morgan fingerprint density at radius 1 is 1.56 bits per heavy atom. The van der Waals surface area contributed by atoms with Gasteiger partial charge in [0.1, 0.15) is 6.04 Å². The molecule has 0 bridgehead atoms. The van der Waals surface area contributed by atoms with Crippen molar-refractivity contribution in [2.75, 3.05) is 13.7 Å². The summed E-state index contributed by atoms with van der Waals surface area (Å²) in [7, 11) is 1.28. The highest BCUT2D eigenvalue weighted by Crippen LogP contribution is 2.27. The maximum Gasteiger partial charge on any atom is 0.328 e. The molecule has 1 aromatic rings. The van der Waals surface area contributed by atoms with E-state index in [4.69, 9.17) is 0 Å². The second kappa shape index (κ2) is 5.38. The number of halogens is 1. The molecule has 1 N–H and O–H groups in total. The highest BCUT2D eigenvalue weighted by Gasteiger charge is 2.40. The van der Waals surface area contributed by atoms with Crippen molar-refractivity contribution in [3.05, 3.63) is 20.8 Å². The topological polar surface area (TPSA) is 66.8 Å². The lowest BCUT2D eigenvalue weighted by atomic mass is 10.2. The van der Waals surface area contributed by atoms with Gasteiger partial charge < -0.3 is 14.7 Å². The number of methoxy groups -OCH3 is 1. The van der Waals surface area contributed by atoms with E-state index in [0.29, 0.717) is 4.88 Å². The van der Waals surface area contributed by atoms with Crippen molar-refractivity contribution in [1.29, 1.82) is 0 Å². The van der Waals surface area contributed by atoms with E-state index in [1.54, 1.807) is 12.1 Å². The molecule has 2 heterocycles. The minimum Gasteiger partial charge on any atom is -0.467 e. The predicted molar refractivity (Wildman–Crippen MR) is 69.5 cm³/mol. The number of nitrogens with zero attached hydrogens (tertiary/aromatic N) is 1. The number of ether oxygens (including phenoxy) is 1. The maximum atomic E-state index is 12.2. The van der Waals surface area contributed by atoms with Gasteiger partial charge in [-0.05, 0) is 28.1 Å². The van der Waals surface area contributed by atoms with Crippen LogP contribution in [-0.4, -0.2) is 47.7 Å². The smallest absolute Gasteiger partial charge is 0.328 e.